The van der Waals surface area contributed by atoms with E-state index in [0.29, 0.717) is 17.7 Å². The molecule has 13 heavy (non-hydrogen) atoms. The van der Waals surface area contributed by atoms with E-state index in [1.165, 1.54) is 6.07 Å². The number of hydrogen-bond donors (Lipinski definition) is 2. The lowest BCUT2D eigenvalue weighted by Gasteiger charge is -1.97. The second-order valence-electron chi connectivity index (χ2n) is 2.48. The third-order valence-electron chi connectivity index (χ3n) is 1.51. The molecule has 2 N–H and O–H groups in total. The molecule has 0 aliphatic carbocycles. The van der Waals surface area contributed by atoms with Crippen molar-refractivity contribution in [2.45, 2.75) is 6.42 Å². The van der Waals surface area contributed by atoms with E-state index in [-0.39, 0.29) is 5.69 Å². The van der Waals surface area contributed by atoms with Crippen LogP contribution in [0.25, 0.3) is 0 Å². The first kappa shape index (κ1) is 9.94. The molecule has 0 aliphatic rings. The summed E-state index contributed by atoms with van der Waals surface area (Å²) in [4.78, 5) is 0. The van der Waals surface area contributed by atoms with Crippen LogP contribution in [0.1, 0.15) is 12.0 Å². The standard InChI is InChI=1S/C10H10FNS/c11-9-6-3-5-8(10(9)12)4-1-2-7-13/h3,5-6,13H,2,7,12H2. The zero-order valence-corrected chi connectivity index (χ0v) is 7.94. The third kappa shape index (κ3) is 2.67. The van der Waals surface area contributed by atoms with Crippen LogP contribution in [0.4, 0.5) is 10.1 Å². The molecule has 1 nitrogen and oxygen atoms in total. The highest BCUT2D eigenvalue weighted by Gasteiger charge is 1.99. The van der Waals surface area contributed by atoms with E-state index in [1.807, 2.05) is 0 Å². The van der Waals surface area contributed by atoms with Gasteiger partial charge in [0.2, 0.25) is 0 Å². The van der Waals surface area contributed by atoms with Crippen molar-refractivity contribution in [2.75, 3.05) is 11.5 Å². The van der Waals surface area contributed by atoms with E-state index >= 15 is 0 Å². The Labute approximate surface area is 82.6 Å². The molecule has 0 fully saturated rings. The molecule has 1 aromatic carbocycles. The van der Waals surface area contributed by atoms with Crippen molar-refractivity contribution in [3.05, 3.63) is 29.6 Å². The molecule has 0 saturated carbocycles. The summed E-state index contributed by atoms with van der Waals surface area (Å²) in [6.45, 7) is 0. The number of benzene rings is 1. The Morgan fingerprint density at radius 3 is 2.92 bits per heavy atom. The normalized spacial score (nSPS) is 9.08. The Kier molecular flexibility index (Phi) is 3.66. The molecule has 0 radical (unpaired) electrons. The van der Waals surface area contributed by atoms with Gasteiger partial charge in [-0.1, -0.05) is 17.9 Å². The van der Waals surface area contributed by atoms with E-state index in [1.54, 1.807) is 12.1 Å². The van der Waals surface area contributed by atoms with Crippen LogP contribution in [-0.4, -0.2) is 5.75 Å². The Hall–Kier alpha value is -1.14. The van der Waals surface area contributed by atoms with Gasteiger partial charge in [0.05, 0.1) is 11.3 Å². The van der Waals surface area contributed by atoms with Gasteiger partial charge in [0, 0.05) is 12.2 Å². The fourth-order valence-corrected chi connectivity index (χ4v) is 0.971. The quantitative estimate of drug-likeness (QED) is 0.400. The molecule has 0 amide bonds. The molecular weight excluding hydrogens is 185 g/mol. The van der Waals surface area contributed by atoms with Gasteiger partial charge in [-0.15, -0.1) is 0 Å². The zero-order chi connectivity index (χ0) is 9.68. The highest BCUT2D eigenvalue weighted by molar-refractivity contribution is 7.80. The van der Waals surface area contributed by atoms with Gasteiger partial charge in [-0.2, -0.15) is 12.6 Å². The molecule has 0 spiro atoms. The molecule has 0 saturated heterocycles. The van der Waals surface area contributed by atoms with Crippen LogP contribution in [0.15, 0.2) is 18.2 Å². The van der Waals surface area contributed by atoms with Gasteiger partial charge in [0.25, 0.3) is 0 Å². The summed E-state index contributed by atoms with van der Waals surface area (Å²) in [7, 11) is 0. The van der Waals surface area contributed by atoms with E-state index in [2.05, 4.69) is 24.5 Å². The largest absolute Gasteiger partial charge is 0.395 e. The lowest BCUT2D eigenvalue weighted by Crippen LogP contribution is -1.93. The van der Waals surface area contributed by atoms with Gasteiger partial charge >= 0.3 is 0 Å². The summed E-state index contributed by atoms with van der Waals surface area (Å²) < 4.78 is 12.9. The summed E-state index contributed by atoms with van der Waals surface area (Å²) in [6, 6.07) is 4.61. The van der Waals surface area contributed by atoms with Gasteiger partial charge in [0.15, 0.2) is 0 Å². The van der Waals surface area contributed by atoms with Crippen molar-refractivity contribution in [3.8, 4) is 11.8 Å². The zero-order valence-electron chi connectivity index (χ0n) is 7.05. The maximum absolute atomic E-state index is 12.9. The molecule has 0 heterocycles. The van der Waals surface area contributed by atoms with Crippen molar-refractivity contribution >= 4 is 18.3 Å². The fraction of sp³-hybridized carbons (Fsp3) is 0.200. The van der Waals surface area contributed by atoms with Crippen LogP contribution in [0.3, 0.4) is 0 Å². The van der Waals surface area contributed by atoms with Crippen LogP contribution >= 0.6 is 12.6 Å². The number of nitrogens with two attached hydrogens (primary N) is 1. The summed E-state index contributed by atoms with van der Waals surface area (Å²) in [5.41, 5.74) is 6.13. The van der Waals surface area contributed by atoms with Gasteiger partial charge < -0.3 is 5.73 Å². The Bertz CT molecular complexity index is 352. The summed E-state index contributed by atoms with van der Waals surface area (Å²) in [6.07, 6.45) is 0.680. The van der Waals surface area contributed by atoms with Crippen LogP contribution in [0.5, 0.6) is 0 Å². The number of hydrogen-bond acceptors (Lipinski definition) is 2. The minimum atomic E-state index is -0.419. The molecule has 68 valence electrons. The first-order valence-electron chi connectivity index (χ1n) is 3.89. The number of anilines is 1. The van der Waals surface area contributed by atoms with Gasteiger partial charge in [-0.3, -0.25) is 0 Å². The second kappa shape index (κ2) is 4.78. The SMILES string of the molecule is Nc1c(F)cccc1C#CCCS. The monoisotopic (exact) mass is 195 g/mol. The number of para-hydroxylation sites is 1. The van der Waals surface area contributed by atoms with Gasteiger partial charge in [-0.25, -0.2) is 4.39 Å². The first-order valence-corrected chi connectivity index (χ1v) is 4.52. The Balaban J connectivity index is 2.91. The predicted octanol–water partition coefficient (Wildman–Crippen LogP) is 2.08. The molecule has 0 unspecified atom stereocenters. The molecule has 0 aliphatic heterocycles. The molecule has 1 rings (SSSR count). The van der Waals surface area contributed by atoms with Crippen molar-refractivity contribution < 1.29 is 4.39 Å². The van der Waals surface area contributed by atoms with Gasteiger partial charge in [0.1, 0.15) is 5.82 Å². The minimum absolute atomic E-state index is 0.120. The van der Waals surface area contributed by atoms with Crippen LogP contribution in [0.2, 0.25) is 0 Å². The van der Waals surface area contributed by atoms with Crippen molar-refractivity contribution in [2.24, 2.45) is 0 Å². The smallest absolute Gasteiger partial charge is 0.147 e. The van der Waals surface area contributed by atoms with Crippen LogP contribution in [-0.2, 0) is 0 Å². The second-order valence-corrected chi connectivity index (χ2v) is 2.92. The number of thiol groups is 1. The van der Waals surface area contributed by atoms with E-state index in [9.17, 15) is 4.39 Å². The predicted molar refractivity (Wildman–Crippen MR) is 56.2 cm³/mol. The number of nitrogen functional groups attached to an aromatic ring is 1. The Morgan fingerprint density at radius 2 is 2.23 bits per heavy atom. The molecular formula is C10H10FNS. The number of halogens is 1. The van der Waals surface area contributed by atoms with E-state index in [4.69, 9.17) is 5.73 Å². The van der Waals surface area contributed by atoms with E-state index < -0.39 is 5.82 Å². The van der Waals surface area contributed by atoms with E-state index in [0.717, 1.165) is 0 Å². The van der Waals surface area contributed by atoms with Crippen molar-refractivity contribution in [1.29, 1.82) is 0 Å². The third-order valence-corrected chi connectivity index (χ3v) is 1.74. The molecule has 3 heteroatoms. The topological polar surface area (TPSA) is 26.0 Å². The maximum Gasteiger partial charge on any atom is 0.147 e. The lowest BCUT2D eigenvalue weighted by atomic mass is 10.2. The van der Waals surface area contributed by atoms with Crippen LogP contribution in [0, 0.1) is 17.7 Å². The van der Waals surface area contributed by atoms with Crippen molar-refractivity contribution in [1.82, 2.24) is 0 Å². The average Bonchev–Trinajstić information content (AvgIpc) is 2.13. The fourth-order valence-electron chi connectivity index (χ4n) is 0.860. The van der Waals surface area contributed by atoms with Crippen LogP contribution < -0.4 is 5.73 Å². The number of rotatable bonds is 1. The average molecular weight is 195 g/mol. The summed E-state index contributed by atoms with van der Waals surface area (Å²) in [5.74, 6) is 5.91. The molecule has 1 aromatic rings. The molecule has 0 aromatic heterocycles. The lowest BCUT2D eigenvalue weighted by molar-refractivity contribution is 0.632. The molecule has 0 atom stereocenters. The summed E-state index contributed by atoms with van der Waals surface area (Å²) >= 11 is 4.01. The maximum atomic E-state index is 12.9. The highest BCUT2D eigenvalue weighted by atomic mass is 32.1. The highest BCUT2D eigenvalue weighted by Crippen LogP contribution is 2.14. The first-order chi connectivity index (χ1) is 6.25. The van der Waals surface area contributed by atoms with Gasteiger partial charge in [-0.05, 0) is 12.1 Å². The summed E-state index contributed by atoms with van der Waals surface area (Å²) in [5, 5.41) is 0. The molecule has 0 bridgehead atoms. The minimum Gasteiger partial charge on any atom is -0.395 e. The Morgan fingerprint density at radius 1 is 1.46 bits per heavy atom. The van der Waals surface area contributed by atoms with Crippen molar-refractivity contribution in [3.63, 3.8) is 0 Å².